The number of rotatable bonds is 8. The van der Waals surface area contributed by atoms with Gasteiger partial charge < -0.3 is 9.84 Å². The molecule has 0 aromatic heterocycles. The fourth-order valence-electron chi connectivity index (χ4n) is 2.46. The average molecular weight is 350 g/mol. The van der Waals surface area contributed by atoms with Crippen LogP contribution in [0.3, 0.4) is 0 Å². The van der Waals surface area contributed by atoms with Crippen molar-refractivity contribution in [3.05, 3.63) is 48.0 Å². The van der Waals surface area contributed by atoms with Crippen LogP contribution in [0.5, 0.6) is 17.2 Å². The molecule has 0 atom stereocenters. The molecule has 0 spiro atoms. The number of benzene rings is 2. The van der Waals surface area contributed by atoms with Crippen LogP contribution in [-0.4, -0.2) is 18.1 Å². The molecule has 0 aliphatic rings. The third-order valence-corrected chi connectivity index (χ3v) is 4.62. The van der Waals surface area contributed by atoms with Crippen LogP contribution < -0.4 is 4.74 Å². The lowest BCUT2D eigenvalue weighted by Crippen LogP contribution is -2.01. The number of hydrogen-bond acceptors (Lipinski definition) is 4. The molecule has 0 heterocycles. The molecule has 24 heavy (non-hydrogen) atoms. The first-order chi connectivity index (χ1) is 11.4. The third kappa shape index (κ3) is 4.72. The zero-order valence-corrected chi connectivity index (χ0v) is 14.4. The quantitative estimate of drug-likeness (QED) is 0.539. The van der Waals surface area contributed by atoms with Crippen molar-refractivity contribution in [1.29, 1.82) is 0 Å². The summed E-state index contributed by atoms with van der Waals surface area (Å²) >= 11 is 0. The topological polar surface area (TPSA) is 83.8 Å². The van der Waals surface area contributed by atoms with Crippen molar-refractivity contribution in [1.82, 2.24) is 0 Å². The van der Waals surface area contributed by atoms with E-state index in [4.69, 9.17) is 4.74 Å². The summed E-state index contributed by atoms with van der Waals surface area (Å²) in [6, 6.07) is 10.9. The molecule has 0 aliphatic carbocycles. The van der Waals surface area contributed by atoms with E-state index in [0.29, 0.717) is 0 Å². The number of phenolic OH excluding ortho intramolecular Hbond substituents is 1. The van der Waals surface area contributed by atoms with Gasteiger partial charge in [-0.15, -0.1) is 0 Å². The third-order valence-electron chi connectivity index (χ3n) is 3.73. The van der Waals surface area contributed by atoms with Crippen LogP contribution >= 0.6 is 0 Å². The Morgan fingerprint density at radius 3 is 2.38 bits per heavy atom. The Bertz CT molecular complexity index is 784. The van der Waals surface area contributed by atoms with Gasteiger partial charge in [-0.2, -0.15) is 8.42 Å². The summed E-state index contributed by atoms with van der Waals surface area (Å²) in [5.41, 5.74) is 0.757. The van der Waals surface area contributed by atoms with Gasteiger partial charge in [0.25, 0.3) is 10.1 Å². The lowest BCUT2D eigenvalue weighted by Gasteiger charge is -2.13. The molecule has 0 saturated heterocycles. The zero-order chi connectivity index (χ0) is 17.6. The smallest absolute Gasteiger partial charge is 0.298 e. The number of ether oxygens (including phenoxy) is 1. The fraction of sp³-hybridized carbons (Fsp3) is 0.333. The molecule has 5 nitrogen and oxygen atoms in total. The van der Waals surface area contributed by atoms with Gasteiger partial charge in [-0.25, -0.2) is 0 Å². The Morgan fingerprint density at radius 2 is 1.67 bits per heavy atom. The van der Waals surface area contributed by atoms with Gasteiger partial charge >= 0.3 is 0 Å². The van der Waals surface area contributed by atoms with Crippen molar-refractivity contribution in [2.24, 2.45) is 0 Å². The van der Waals surface area contributed by atoms with E-state index >= 15 is 0 Å². The molecule has 6 heteroatoms. The number of aromatic hydroxyl groups is 1. The molecule has 2 N–H and O–H groups in total. The Kier molecular flexibility index (Phi) is 6.23. The van der Waals surface area contributed by atoms with Crippen molar-refractivity contribution in [3.8, 4) is 17.2 Å². The molecule has 130 valence electrons. The molecular formula is C18H22O5S. The maximum Gasteiger partial charge on any atom is 0.298 e. The van der Waals surface area contributed by atoms with Gasteiger partial charge in [0.05, 0.1) is 0 Å². The number of phenols is 1. The number of unbranched alkanes of at least 4 members (excludes halogenated alkanes) is 3. The van der Waals surface area contributed by atoms with Crippen LogP contribution in [0.15, 0.2) is 47.4 Å². The molecule has 2 rings (SSSR count). The lowest BCUT2D eigenvalue weighted by atomic mass is 10.0. The first-order valence-corrected chi connectivity index (χ1v) is 9.42. The highest BCUT2D eigenvalue weighted by molar-refractivity contribution is 7.86. The molecular weight excluding hydrogens is 328 g/mol. The first kappa shape index (κ1) is 18.3. The molecule has 0 unspecified atom stereocenters. The minimum Gasteiger partial charge on any atom is -0.504 e. The van der Waals surface area contributed by atoms with E-state index in [1.807, 2.05) is 6.07 Å². The Morgan fingerprint density at radius 1 is 0.958 bits per heavy atom. The van der Waals surface area contributed by atoms with E-state index in [0.717, 1.165) is 37.7 Å². The van der Waals surface area contributed by atoms with Gasteiger partial charge in [0.15, 0.2) is 11.5 Å². The molecule has 0 bridgehead atoms. The molecule has 0 aliphatic heterocycles. The molecule has 0 radical (unpaired) electrons. The van der Waals surface area contributed by atoms with Gasteiger partial charge in [0.2, 0.25) is 0 Å². The van der Waals surface area contributed by atoms with Crippen LogP contribution in [0.1, 0.15) is 38.2 Å². The van der Waals surface area contributed by atoms with Crippen LogP contribution in [0.25, 0.3) is 0 Å². The minimum atomic E-state index is -4.40. The van der Waals surface area contributed by atoms with Gasteiger partial charge in [0.1, 0.15) is 10.6 Å². The van der Waals surface area contributed by atoms with E-state index in [9.17, 15) is 18.1 Å². The summed E-state index contributed by atoms with van der Waals surface area (Å²) < 4.78 is 37.6. The van der Waals surface area contributed by atoms with Gasteiger partial charge in [0, 0.05) is 0 Å². The lowest BCUT2D eigenvalue weighted by molar-refractivity contribution is 0.397. The SMILES string of the molecule is CCCCCCc1cccc(Oc2ccccc2S(=O)(=O)O)c1O. The largest absolute Gasteiger partial charge is 0.504 e. The molecule has 0 saturated carbocycles. The summed E-state index contributed by atoms with van der Waals surface area (Å²) in [5.74, 6) is 0.136. The first-order valence-electron chi connectivity index (χ1n) is 7.98. The molecule has 0 amide bonds. The number of hydrogen-bond donors (Lipinski definition) is 2. The second kappa shape index (κ2) is 8.17. The zero-order valence-electron chi connectivity index (χ0n) is 13.6. The van der Waals surface area contributed by atoms with Crippen LogP contribution in [0.4, 0.5) is 0 Å². The minimum absolute atomic E-state index is 0.000797. The van der Waals surface area contributed by atoms with Gasteiger partial charge in [-0.1, -0.05) is 50.5 Å². The second-order valence-corrected chi connectivity index (χ2v) is 6.99. The molecule has 2 aromatic rings. The predicted octanol–water partition coefficient (Wildman–Crippen LogP) is 4.55. The van der Waals surface area contributed by atoms with E-state index in [1.165, 1.54) is 18.2 Å². The monoisotopic (exact) mass is 350 g/mol. The Labute approximate surface area is 142 Å². The maximum atomic E-state index is 11.4. The summed E-state index contributed by atoms with van der Waals surface area (Å²) in [7, 11) is -4.40. The molecule has 0 fully saturated rings. The summed E-state index contributed by atoms with van der Waals surface area (Å²) in [4.78, 5) is -0.335. The van der Waals surface area contributed by atoms with Crippen molar-refractivity contribution >= 4 is 10.1 Å². The summed E-state index contributed by atoms with van der Waals surface area (Å²) in [5, 5.41) is 10.4. The average Bonchev–Trinajstić information content (AvgIpc) is 2.54. The maximum absolute atomic E-state index is 11.4. The highest BCUT2D eigenvalue weighted by atomic mass is 32.2. The van der Waals surface area contributed by atoms with E-state index in [2.05, 4.69) is 6.92 Å². The standard InChI is InChI=1S/C18H22O5S/c1-2-3-4-5-9-14-10-8-12-16(18(14)19)23-15-11-6-7-13-17(15)24(20,21)22/h6-8,10-13,19H,2-5,9H2,1H3,(H,20,21,22). The van der Waals surface area contributed by atoms with Crippen molar-refractivity contribution in [3.63, 3.8) is 0 Å². The van der Waals surface area contributed by atoms with Crippen LogP contribution in [0, 0.1) is 0 Å². The highest BCUT2D eigenvalue weighted by Gasteiger charge is 2.18. The van der Waals surface area contributed by atoms with Crippen molar-refractivity contribution in [2.45, 2.75) is 43.9 Å². The van der Waals surface area contributed by atoms with Gasteiger partial charge in [-0.3, -0.25) is 4.55 Å². The molecule has 2 aromatic carbocycles. The van der Waals surface area contributed by atoms with Gasteiger partial charge in [-0.05, 0) is 36.6 Å². The number of aryl methyl sites for hydroxylation is 1. The van der Waals surface area contributed by atoms with E-state index < -0.39 is 10.1 Å². The normalized spacial score (nSPS) is 11.4. The Hall–Kier alpha value is -2.05. The highest BCUT2D eigenvalue weighted by Crippen LogP contribution is 2.36. The van der Waals surface area contributed by atoms with Crippen molar-refractivity contribution < 1.29 is 22.8 Å². The summed E-state index contributed by atoms with van der Waals surface area (Å²) in [6.07, 6.45) is 5.07. The van der Waals surface area contributed by atoms with E-state index in [-0.39, 0.29) is 22.1 Å². The van der Waals surface area contributed by atoms with Crippen LogP contribution in [-0.2, 0) is 16.5 Å². The predicted molar refractivity (Wildman–Crippen MR) is 92.3 cm³/mol. The van der Waals surface area contributed by atoms with E-state index in [1.54, 1.807) is 18.2 Å². The number of para-hydroxylation sites is 2. The summed E-state index contributed by atoms with van der Waals surface area (Å²) in [6.45, 7) is 2.14. The Balaban J connectivity index is 2.22. The van der Waals surface area contributed by atoms with Crippen LogP contribution in [0.2, 0.25) is 0 Å². The van der Waals surface area contributed by atoms with Crippen molar-refractivity contribution in [2.75, 3.05) is 0 Å². The fourth-order valence-corrected chi connectivity index (χ4v) is 3.07. The second-order valence-electron chi connectivity index (χ2n) is 5.60.